The molecule has 1 fully saturated rings. The van der Waals surface area contributed by atoms with Gasteiger partial charge in [0.25, 0.3) is 0 Å². The predicted molar refractivity (Wildman–Crippen MR) is 93.0 cm³/mol. The van der Waals surface area contributed by atoms with Gasteiger partial charge in [0.05, 0.1) is 17.6 Å². The Morgan fingerprint density at radius 2 is 1.96 bits per heavy atom. The summed E-state index contributed by atoms with van der Waals surface area (Å²) in [7, 11) is 0. The van der Waals surface area contributed by atoms with Crippen molar-refractivity contribution >= 4 is 17.7 Å². The molecule has 1 amide bonds. The number of furan rings is 1. The molecule has 24 heavy (non-hydrogen) atoms. The van der Waals surface area contributed by atoms with Crippen LogP contribution in [0.4, 0.5) is 0 Å². The highest BCUT2D eigenvalue weighted by Crippen LogP contribution is 2.25. The van der Waals surface area contributed by atoms with Crippen molar-refractivity contribution in [2.45, 2.75) is 44.2 Å². The summed E-state index contributed by atoms with van der Waals surface area (Å²) < 4.78 is 6.70. The van der Waals surface area contributed by atoms with Crippen LogP contribution in [0.15, 0.2) is 21.9 Å². The van der Waals surface area contributed by atoms with E-state index in [0.29, 0.717) is 16.7 Å². The molecule has 0 unspecified atom stereocenters. The van der Waals surface area contributed by atoms with E-state index in [2.05, 4.69) is 10.2 Å². The summed E-state index contributed by atoms with van der Waals surface area (Å²) in [6, 6.07) is 1.81. The number of amides is 1. The number of likely N-dealkylation sites (tertiary alicyclic amines) is 1. The molecule has 130 valence electrons. The van der Waals surface area contributed by atoms with Gasteiger partial charge >= 0.3 is 0 Å². The van der Waals surface area contributed by atoms with Crippen LogP contribution in [0.5, 0.6) is 0 Å². The summed E-state index contributed by atoms with van der Waals surface area (Å²) in [5, 5.41) is 8.75. The third-order valence-corrected chi connectivity index (χ3v) is 5.23. The van der Waals surface area contributed by atoms with Gasteiger partial charge in [-0.3, -0.25) is 4.79 Å². The van der Waals surface area contributed by atoms with Gasteiger partial charge < -0.3 is 15.2 Å². The number of hydrogen-bond acceptors (Lipinski definition) is 6. The van der Waals surface area contributed by atoms with Gasteiger partial charge in [-0.25, -0.2) is 4.68 Å². The van der Waals surface area contributed by atoms with Crippen LogP contribution in [-0.2, 0) is 4.79 Å². The van der Waals surface area contributed by atoms with Crippen molar-refractivity contribution < 1.29 is 9.21 Å². The number of carbonyl (C=O) groups is 1. The lowest BCUT2D eigenvalue weighted by Gasteiger charge is -2.24. The highest BCUT2D eigenvalue weighted by Gasteiger charge is 2.19. The molecular weight excluding hydrogens is 326 g/mol. The van der Waals surface area contributed by atoms with Crippen LogP contribution in [0.3, 0.4) is 0 Å². The van der Waals surface area contributed by atoms with E-state index >= 15 is 0 Å². The van der Waals surface area contributed by atoms with Gasteiger partial charge in [-0.05, 0) is 25.8 Å². The molecule has 0 atom stereocenters. The number of hydrogen-bond donors (Lipinski definition) is 1. The average Bonchev–Trinajstić information content (AvgIpc) is 3.10. The molecule has 3 heterocycles. The van der Waals surface area contributed by atoms with Gasteiger partial charge in [0.2, 0.25) is 11.1 Å². The normalized spacial score (nSPS) is 16.0. The lowest BCUT2D eigenvalue weighted by atomic mass is 10.1. The highest BCUT2D eigenvalue weighted by atomic mass is 32.2. The fourth-order valence-electron chi connectivity index (χ4n) is 2.89. The Morgan fingerprint density at radius 1 is 1.25 bits per heavy atom. The first-order chi connectivity index (χ1) is 11.7. The number of nitrogens with two attached hydrogens (primary N) is 1. The maximum Gasteiger partial charge on any atom is 0.233 e. The van der Waals surface area contributed by atoms with Crippen LogP contribution in [0, 0.1) is 6.92 Å². The Balaban J connectivity index is 1.61. The first-order valence-electron chi connectivity index (χ1n) is 8.32. The molecule has 0 saturated carbocycles. The largest absolute Gasteiger partial charge is 0.469 e. The third-order valence-electron chi connectivity index (χ3n) is 4.30. The maximum absolute atomic E-state index is 12.4. The highest BCUT2D eigenvalue weighted by molar-refractivity contribution is 7.99. The molecular formula is C16H23N5O2S. The summed E-state index contributed by atoms with van der Waals surface area (Å²) in [5.74, 6) is 7.84. The number of rotatable bonds is 4. The van der Waals surface area contributed by atoms with Gasteiger partial charge in [0.1, 0.15) is 5.76 Å². The molecule has 2 aromatic rings. The maximum atomic E-state index is 12.4. The Bertz CT molecular complexity index is 688. The number of nitrogen functional groups attached to an aromatic ring is 1. The molecule has 0 bridgehead atoms. The van der Waals surface area contributed by atoms with Crippen LogP contribution in [0.1, 0.15) is 37.9 Å². The first-order valence-corrected chi connectivity index (χ1v) is 9.31. The molecule has 1 saturated heterocycles. The molecule has 1 aliphatic rings. The lowest BCUT2D eigenvalue weighted by Crippen LogP contribution is -2.35. The Hall–Kier alpha value is -1.96. The minimum absolute atomic E-state index is 0.144. The van der Waals surface area contributed by atoms with E-state index in [1.807, 2.05) is 17.9 Å². The summed E-state index contributed by atoms with van der Waals surface area (Å²) in [6.07, 6.45) is 7.48. The van der Waals surface area contributed by atoms with Crippen molar-refractivity contribution in [3.05, 3.63) is 18.1 Å². The quantitative estimate of drug-likeness (QED) is 0.673. The van der Waals surface area contributed by atoms with Crippen LogP contribution in [0.2, 0.25) is 0 Å². The fourth-order valence-corrected chi connectivity index (χ4v) is 3.65. The minimum atomic E-state index is 0.144. The first kappa shape index (κ1) is 16.9. The standard InChI is InChI=1S/C16H23N5O2S/c1-12-13(7-10-23-12)15-18-19-16(21(15)17)24-11-14(22)20-8-5-3-2-4-6-9-20/h7,10H,2-6,8-9,11,17H2,1H3. The Kier molecular flexibility index (Phi) is 5.44. The van der Waals surface area contributed by atoms with Crippen LogP contribution >= 0.6 is 11.8 Å². The zero-order chi connectivity index (χ0) is 16.9. The minimum Gasteiger partial charge on any atom is -0.469 e. The zero-order valence-electron chi connectivity index (χ0n) is 13.9. The second-order valence-corrected chi connectivity index (χ2v) is 6.95. The van der Waals surface area contributed by atoms with E-state index in [1.54, 1.807) is 6.26 Å². The van der Waals surface area contributed by atoms with E-state index in [4.69, 9.17) is 10.3 Å². The average molecular weight is 349 g/mol. The van der Waals surface area contributed by atoms with Crippen molar-refractivity contribution in [3.8, 4) is 11.4 Å². The molecule has 7 nitrogen and oxygen atoms in total. The van der Waals surface area contributed by atoms with Crippen LogP contribution in [-0.4, -0.2) is 44.5 Å². The summed E-state index contributed by atoms with van der Waals surface area (Å²) >= 11 is 1.33. The van der Waals surface area contributed by atoms with E-state index in [-0.39, 0.29) is 5.91 Å². The van der Waals surface area contributed by atoms with E-state index in [0.717, 1.165) is 37.3 Å². The van der Waals surface area contributed by atoms with Crippen molar-refractivity contribution in [2.75, 3.05) is 24.7 Å². The number of nitrogens with zero attached hydrogens (tertiary/aromatic N) is 4. The summed E-state index contributed by atoms with van der Waals surface area (Å²) in [4.78, 5) is 14.4. The molecule has 0 spiro atoms. The van der Waals surface area contributed by atoms with Crippen molar-refractivity contribution in [3.63, 3.8) is 0 Å². The van der Waals surface area contributed by atoms with Crippen molar-refractivity contribution in [2.24, 2.45) is 0 Å². The molecule has 1 aliphatic heterocycles. The molecule has 8 heteroatoms. The van der Waals surface area contributed by atoms with E-state index in [1.165, 1.54) is 35.7 Å². The molecule has 0 aromatic carbocycles. The topological polar surface area (TPSA) is 90.2 Å². The van der Waals surface area contributed by atoms with Gasteiger partial charge in [0.15, 0.2) is 5.82 Å². The van der Waals surface area contributed by atoms with Crippen molar-refractivity contribution in [1.29, 1.82) is 0 Å². The van der Waals surface area contributed by atoms with Gasteiger partial charge in [-0.2, -0.15) is 0 Å². The predicted octanol–water partition coefficient (Wildman–Crippen LogP) is 2.45. The lowest BCUT2D eigenvalue weighted by molar-refractivity contribution is -0.128. The Morgan fingerprint density at radius 3 is 2.62 bits per heavy atom. The molecule has 2 N–H and O–H groups in total. The van der Waals surface area contributed by atoms with Crippen LogP contribution in [0.25, 0.3) is 11.4 Å². The monoisotopic (exact) mass is 349 g/mol. The number of thioether (sulfide) groups is 1. The van der Waals surface area contributed by atoms with Gasteiger partial charge in [-0.1, -0.05) is 31.0 Å². The Labute approximate surface area is 145 Å². The molecule has 3 rings (SSSR count). The third kappa shape index (κ3) is 3.75. The smallest absolute Gasteiger partial charge is 0.233 e. The summed E-state index contributed by atoms with van der Waals surface area (Å²) in [5.41, 5.74) is 0.812. The fraction of sp³-hybridized carbons (Fsp3) is 0.562. The van der Waals surface area contributed by atoms with Crippen LogP contribution < -0.4 is 5.84 Å². The van der Waals surface area contributed by atoms with E-state index < -0.39 is 0 Å². The van der Waals surface area contributed by atoms with Crippen molar-refractivity contribution in [1.82, 2.24) is 19.8 Å². The number of carbonyl (C=O) groups excluding carboxylic acids is 1. The van der Waals surface area contributed by atoms with Gasteiger partial charge in [-0.15, -0.1) is 10.2 Å². The van der Waals surface area contributed by atoms with E-state index in [9.17, 15) is 4.79 Å². The van der Waals surface area contributed by atoms with Gasteiger partial charge in [0, 0.05) is 13.1 Å². The SMILES string of the molecule is Cc1occc1-c1nnc(SCC(=O)N2CCCCCCC2)n1N. The second-order valence-electron chi connectivity index (χ2n) is 6.00. The molecule has 0 radical (unpaired) electrons. The molecule has 2 aromatic heterocycles. The second kappa shape index (κ2) is 7.74. The molecule has 0 aliphatic carbocycles. The number of aromatic nitrogens is 3. The zero-order valence-corrected chi connectivity index (χ0v) is 14.7. The number of aryl methyl sites for hydroxylation is 1. The summed E-state index contributed by atoms with van der Waals surface area (Å²) in [6.45, 7) is 3.56.